The second-order valence-electron chi connectivity index (χ2n) is 7.54. The van der Waals surface area contributed by atoms with Crippen molar-refractivity contribution in [3.8, 4) is 28.0 Å². The molecule has 0 aliphatic rings. The molecule has 0 saturated carbocycles. The molecule has 15 heteroatoms. The fraction of sp³-hybridized carbons (Fsp3) is 0.286. The Labute approximate surface area is 209 Å². The average Bonchev–Trinajstić information content (AvgIpc) is 3.48. The molecule has 4 rings (SSSR count). The number of aliphatic hydroxyl groups is 1. The third kappa shape index (κ3) is 4.84. The Balaban J connectivity index is 1.81. The largest absolute Gasteiger partial charge is 0.494 e. The van der Waals surface area contributed by atoms with Crippen LogP contribution >= 0.6 is 11.3 Å². The molecule has 0 saturated heterocycles. The molecule has 36 heavy (non-hydrogen) atoms. The van der Waals surface area contributed by atoms with E-state index in [4.69, 9.17) is 9.47 Å². The zero-order valence-electron chi connectivity index (χ0n) is 19.6. The Morgan fingerprint density at radius 3 is 2.33 bits per heavy atom. The van der Waals surface area contributed by atoms with Gasteiger partial charge in [-0.2, -0.15) is 0 Å². The van der Waals surface area contributed by atoms with Crippen LogP contribution in [0.5, 0.6) is 11.5 Å². The fourth-order valence-electron chi connectivity index (χ4n) is 3.28. The van der Waals surface area contributed by atoms with Gasteiger partial charge < -0.3 is 14.6 Å². The summed E-state index contributed by atoms with van der Waals surface area (Å²) in [6, 6.07) is 5.06. The monoisotopic (exact) mass is 535 g/mol. The van der Waals surface area contributed by atoms with Crippen molar-refractivity contribution >= 4 is 27.3 Å². The van der Waals surface area contributed by atoms with Gasteiger partial charge >= 0.3 is 0 Å². The molecule has 4 aromatic rings. The summed E-state index contributed by atoms with van der Waals surface area (Å²) in [5, 5.41) is 19.7. The summed E-state index contributed by atoms with van der Waals surface area (Å²) in [6.45, 7) is 3.07. The third-order valence-corrected chi connectivity index (χ3v) is 7.83. The molecular weight excluding hydrogens is 513 g/mol. The lowest BCUT2D eigenvalue weighted by Crippen LogP contribution is -2.32. The van der Waals surface area contributed by atoms with Crippen molar-refractivity contribution in [2.24, 2.45) is 0 Å². The van der Waals surface area contributed by atoms with E-state index in [2.05, 4.69) is 29.9 Å². The highest BCUT2D eigenvalue weighted by atomic mass is 32.2. The standard InChI is InChI=1S/C21H22FN7O5S2/c1-11-10-35-20(25-11)19-26-27-21(29(19)16-14(33-3)6-5-7-15(16)34-4)28-36(31,32)12(2)17(30)18-23-8-13(22)9-24-18/h5-10,12,17,30H,1-4H3,(H,27,28)/t12-,17-/m0/s1. The molecule has 0 fully saturated rings. The topological polar surface area (TPSA) is 154 Å². The summed E-state index contributed by atoms with van der Waals surface area (Å²) in [6.07, 6.45) is 0.0255. The number of halogens is 1. The Morgan fingerprint density at radius 2 is 1.78 bits per heavy atom. The highest BCUT2D eigenvalue weighted by Gasteiger charge is 2.34. The van der Waals surface area contributed by atoms with Crippen molar-refractivity contribution in [1.82, 2.24) is 29.7 Å². The summed E-state index contributed by atoms with van der Waals surface area (Å²) in [7, 11) is -1.38. The molecule has 1 aromatic carbocycles. The number of anilines is 1. The van der Waals surface area contributed by atoms with Crippen LogP contribution in [0.2, 0.25) is 0 Å². The maximum atomic E-state index is 13.3. The number of thiazole rings is 1. The van der Waals surface area contributed by atoms with E-state index in [9.17, 15) is 17.9 Å². The number of ether oxygens (including phenoxy) is 2. The number of methoxy groups -OCH3 is 2. The van der Waals surface area contributed by atoms with Gasteiger partial charge in [-0.15, -0.1) is 21.5 Å². The minimum absolute atomic E-state index is 0.195. The highest BCUT2D eigenvalue weighted by molar-refractivity contribution is 7.93. The van der Waals surface area contributed by atoms with E-state index in [-0.39, 0.29) is 17.6 Å². The van der Waals surface area contributed by atoms with E-state index in [0.29, 0.717) is 22.2 Å². The molecule has 0 aliphatic carbocycles. The Hall–Kier alpha value is -3.69. The number of nitrogens with one attached hydrogen (secondary N) is 1. The molecule has 2 N–H and O–H groups in total. The van der Waals surface area contributed by atoms with E-state index in [1.807, 2.05) is 12.3 Å². The fourth-order valence-corrected chi connectivity index (χ4v) is 5.09. The SMILES string of the molecule is COc1cccc(OC)c1-n1c(NS(=O)(=O)[C@@H](C)[C@H](O)c2ncc(F)cn2)nnc1-c1nc(C)cs1. The molecule has 0 unspecified atom stereocenters. The van der Waals surface area contributed by atoms with Crippen molar-refractivity contribution < 1.29 is 27.4 Å². The summed E-state index contributed by atoms with van der Waals surface area (Å²) < 4.78 is 54.5. The zero-order chi connectivity index (χ0) is 26.0. The van der Waals surface area contributed by atoms with Crippen molar-refractivity contribution in [3.63, 3.8) is 0 Å². The molecule has 12 nitrogen and oxygen atoms in total. The summed E-state index contributed by atoms with van der Waals surface area (Å²) in [5.74, 6) is -0.207. The van der Waals surface area contributed by atoms with Gasteiger partial charge in [-0.25, -0.2) is 27.8 Å². The third-order valence-electron chi connectivity index (χ3n) is 5.17. The first-order valence-electron chi connectivity index (χ1n) is 10.4. The molecule has 190 valence electrons. The van der Waals surface area contributed by atoms with Crippen LogP contribution < -0.4 is 14.2 Å². The van der Waals surface area contributed by atoms with Gasteiger partial charge in [0.15, 0.2) is 22.5 Å². The molecule has 0 amide bonds. The van der Waals surface area contributed by atoms with Crippen molar-refractivity contribution in [2.75, 3.05) is 18.9 Å². The smallest absolute Gasteiger partial charge is 0.243 e. The van der Waals surface area contributed by atoms with Crippen LogP contribution in [-0.2, 0) is 10.0 Å². The number of aliphatic hydroxyl groups excluding tert-OH is 1. The Kier molecular flexibility index (Phi) is 7.14. The van der Waals surface area contributed by atoms with Gasteiger partial charge in [-0.3, -0.25) is 9.29 Å². The number of nitrogens with zero attached hydrogens (tertiary/aromatic N) is 6. The van der Waals surface area contributed by atoms with Crippen LogP contribution in [0, 0.1) is 12.7 Å². The maximum absolute atomic E-state index is 13.3. The first-order valence-corrected chi connectivity index (χ1v) is 12.8. The quantitative estimate of drug-likeness (QED) is 0.327. The highest BCUT2D eigenvalue weighted by Crippen LogP contribution is 2.38. The predicted molar refractivity (Wildman–Crippen MR) is 129 cm³/mol. The van der Waals surface area contributed by atoms with Gasteiger partial charge in [0, 0.05) is 11.1 Å². The molecule has 0 spiro atoms. The number of hydrogen-bond donors (Lipinski definition) is 2. The first-order chi connectivity index (χ1) is 17.2. The van der Waals surface area contributed by atoms with Crippen molar-refractivity contribution in [1.29, 1.82) is 0 Å². The number of aromatic nitrogens is 6. The van der Waals surface area contributed by atoms with Gasteiger partial charge in [-0.1, -0.05) is 6.07 Å². The predicted octanol–water partition coefficient (Wildman–Crippen LogP) is 2.51. The van der Waals surface area contributed by atoms with E-state index in [0.717, 1.165) is 18.1 Å². The second-order valence-corrected chi connectivity index (χ2v) is 10.4. The van der Waals surface area contributed by atoms with Gasteiger partial charge in [0.25, 0.3) is 0 Å². The van der Waals surface area contributed by atoms with E-state index in [1.54, 1.807) is 18.2 Å². The number of rotatable bonds is 9. The Bertz CT molecular complexity index is 1450. The van der Waals surface area contributed by atoms with Crippen LogP contribution in [0.4, 0.5) is 10.3 Å². The molecule has 0 radical (unpaired) electrons. The van der Waals surface area contributed by atoms with Crippen LogP contribution in [0.1, 0.15) is 24.5 Å². The van der Waals surface area contributed by atoms with Crippen LogP contribution in [0.15, 0.2) is 36.0 Å². The molecule has 2 atom stereocenters. The molecule has 0 bridgehead atoms. The van der Waals surface area contributed by atoms with Gasteiger partial charge in [0.05, 0.1) is 26.6 Å². The summed E-state index contributed by atoms with van der Waals surface area (Å²) in [4.78, 5) is 11.8. The van der Waals surface area contributed by atoms with E-state index < -0.39 is 27.2 Å². The zero-order valence-corrected chi connectivity index (χ0v) is 21.2. The number of para-hydroxylation sites is 1. The molecule has 0 aliphatic heterocycles. The molecule has 3 heterocycles. The number of aryl methyl sites for hydroxylation is 1. The minimum Gasteiger partial charge on any atom is -0.494 e. The maximum Gasteiger partial charge on any atom is 0.243 e. The minimum atomic E-state index is -4.30. The van der Waals surface area contributed by atoms with Crippen LogP contribution in [-0.4, -0.2) is 62.7 Å². The summed E-state index contributed by atoms with van der Waals surface area (Å²) >= 11 is 1.30. The van der Waals surface area contributed by atoms with Crippen LogP contribution in [0.3, 0.4) is 0 Å². The number of sulfonamides is 1. The lowest BCUT2D eigenvalue weighted by molar-refractivity contribution is 0.166. The van der Waals surface area contributed by atoms with E-state index in [1.165, 1.54) is 37.0 Å². The molecular formula is C21H22FN7O5S2. The van der Waals surface area contributed by atoms with Gasteiger partial charge in [0.2, 0.25) is 16.0 Å². The first kappa shape index (κ1) is 25.4. The number of hydrogen-bond acceptors (Lipinski definition) is 11. The Morgan fingerprint density at radius 1 is 1.14 bits per heavy atom. The number of benzene rings is 1. The normalized spacial score (nSPS) is 13.3. The van der Waals surface area contributed by atoms with E-state index >= 15 is 0 Å². The average molecular weight is 536 g/mol. The molecule has 3 aromatic heterocycles. The van der Waals surface area contributed by atoms with Gasteiger partial charge in [0.1, 0.15) is 28.5 Å². The lowest BCUT2D eigenvalue weighted by atomic mass is 10.2. The lowest BCUT2D eigenvalue weighted by Gasteiger charge is -2.20. The van der Waals surface area contributed by atoms with Crippen molar-refractivity contribution in [2.45, 2.75) is 25.2 Å². The van der Waals surface area contributed by atoms with Gasteiger partial charge in [-0.05, 0) is 26.0 Å². The summed E-state index contributed by atoms with van der Waals surface area (Å²) in [5.41, 5.74) is 1.08. The van der Waals surface area contributed by atoms with Crippen LogP contribution in [0.25, 0.3) is 16.5 Å². The second kappa shape index (κ2) is 10.1. The van der Waals surface area contributed by atoms with Crippen molar-refractivity contribution in [3.05, 3.63) is 53.3 Å².